The maximum atomic E-state index is 11.7. The van der Waals surface area contributed by atoms with Crippen LogP contribution < -0.4 is 16.8 Å². The predicted molar refractivity (Wildman–Crippen MR) is 71.2 cm³/mol. The number of aryl methyl sites for hydroxylation is 1. The van der Waals surface area contributed by atoms with Crippen LogP contribution in [0, 0.1) is 6.92 Å². The first-order chi connectivity index (χ1) is 8.43. The normalized spacial score (nSPS) is 11.9. The molecule has 1 rings (SSSR count). The number of benzene rings is 1. The van der Waals surface area contributed by atoms with E-state index in [0.29, 0.717) is 11.3 Å². The summed E-state index contributed by atoms with van der Waals surface area (Å²) in [4.78, 5) is 22.7. The molecule has 1 unspecified atom stereocenters. The van der Waals surface area contributed by atoms with Crippen LogP contribution in [0.15, 0.2) is 18.2 Å². The molecule has 0 aliphatic rings. The lowest BCUT2D eigenvalue weighted by molar-refractivity contribution is -0.116. The van der Waals surface area contributed by atoms with Gasteiger partial charge in [-0.15, -0.1) is 0 Å². The number of carbonyl (C=O) groups excluding carboxylic acids is 2. The molecule has 0 aromatic heterocycles. The van der Waals surface area contributed by atoms with Crippen molar-refractivity contribution in [2.45, 2.75) is 32.7 Å². The number of carbonyl (C=O) groups is 2. The number of hydrogen-bond acceptors (Lipinski definition) is 3. The third-order valence-electron chi connectivity index (χ3n) is 2.76. The first kappa shape index (κ1) is 14.2. The summed E-state index contributed by atoms with van der Waals surface area (Å²) in [5, 5.41) is 2.77. The average Bonchev–Trinajstić information content (AvgIpc) is 2.31. The molecule has 5 nitrogen and oxygen atoms in total. The second-order valence-corrected chi connectivity index (χ2v) is 4.31. The van der Waals surface area contributed by atoms with Gasteiger partial charge in [0, 0.05) is 23.7 Å². The van der Waals surface area contributed by atoms with Crippen LogP contribution in [0.2, 0.25) is 0 Å². The van der Waals surface area contributed by atoms with Crippen molar-refractivity contribution in [3.63, 3.8) is 0 Å². The number of hydrogen-bond donors (Lipinski definition) is 3. The Kier molecular flexibility index (Phi) is 4.85. The van der Waals surface area contributed by atoms with Crippen molar-refractivity contribution in [1.29, 1.82) is 0 Å². The highest BCUT2D eigenvalue weighted by molar-refractivity contribution is 5.95. The van der Waals surface area contributed by atoms with Crippen LogP contribution in [0.3, 0.4) is 0 Å². The zero-order valence-electron chi connectivity index (χ0n) is 10.7. The second kappa shape index (κ2) is 6.16. The molecule has 0 bridgehead atoms. The van der Waals surface area contributed by atoms with Crippen molar-refractivity contribution in [1.82, 2.24) is 0 Å². The van der Waals surface area contributed by atoms with Crippen LogP contribution in [0.5, 0.6) is 0 Å². The first-order valence-corrected chi connectivity index (χ1v) is 5.90. The van der Waals surface area contributed by atoms with Gasteiger partial charge in [-0.25, -0.2) is 0 Å². The zero-order chi connectivity index (χ0) is 13.7. The Labute approximate surface area is 107 Å². The lowest BCUT2D eigenvalue weighted by Gasteiger charge is -2.11. The molecule has 0 heterocycles. The van der Waals surface area contributed by atoms with Crippen LogP contribution in [0.1, 0.15) is 35.7 Å². The predicted octanol–water partition coefficient (Wildman–Crippen LogP) is 1.16. The number of nitrogens with one attached hydrogen (secondary N) is 1. The molecule has 5 heteroatoms. The molecule has 5 N–H and O–H groups in total. The van der Waals surface area contributed by atoms with Gasteiger partial charge in [-0.05, 0) is 37.1 Å². The molecular weight excluding hydrogens is 230 g/mol. The fraction of sp³-hybridized carbons (Fsp3) is 0.385. The largest absolute Gasteiger partial charge is 0.366 e. The van der Waals surface area contributed by atoms with Gasteiger partial charge >= 0.3 is 0 Å². The summed E-state index contributed by atoms with van der Waals surface area (Å²) in [6.45, 7) is 3.74. The summed E-state index contributed by atoms with van der Waals surface area (Å²) in [5.41, 5.74) is 12.8. The Morgan fingerprint density at radius 3 is 2.56 bits per heavy atom. The van der Waals surface area contributed by atoms with Gasteiger partial charge in [0.15, 0.2) is 0 Å². The molecule has 0 saturated carbocycles. The van der Waals surface area contributed by atoms with E-state index in [1.54, 1.807) is 18.2 Å². The third kappa shape index (κ3) is 3.85. The van der Waals surface area contributed by atoms with Gasteiger partial charge in [0.25, 0.3) is 0 Å². The minimum absolute atomic E-state index is 0.126. The molecule has 2 amide bonds. The van der Waals surface area contributed by atoms with Gasteiger partial charge < -0.3 is 16.8 Å². The minimum atomic E-state index is -0.482. The highest BCUT2D eigenvalue weighted by Gasteiger charge is 2.10. The molecule has 1 aromatic carbocycles. The van der Waals surface area contributed by atoms with E-state index >= 15 is 0 Å². The van der Waals surface area contributed by atoms with Gasteiger partial charge in [0.2, 0.25) is 11.8 Å². The third-order valence-corrected chi connectivity index (χ3v) is 2.76. The van der Waals surface area contributed by atoms with Crippen molar-refractivity contribution < 1.29 is 9.59 Å². The van der Waals surface area contributed by atoms with Crippen molar-refractivity contribution in [3.8, 4) is 0 Å². The number of primary amides is 1. The molecule has 0 aliphatic heterocycles. The van der Waals surface area contributed by atoms with E-state index in [9.17, 15) is 9.59 Å². The Morgan fingerprint density at radius 2 is 2.06 bits per heavy atom. The van der Waals surface area contributed by atoms with Gasteiger partial charge in [0.05, 0.1) is 0 Å². The number of nitrogens with two attached hydrogens (primary N) is 2. The summed E-state index contributed by atoms with van der Waals surface area (Å²) in [6, 6.07) is 4.78. The standard InChI is InChI=1S/C13H19N3O2/c1-3-10(14)7-12(17)16-11-5-4-9(13(15)18)6-8(11)2/h4-6,10H,3,7,14H2,1-2H3,(H2,15,18)(H,16,17). The summed E-state index contributed by atoms with van der Waals surface area (Å²) >= 11 is 0. The van der Waals surface area contributed by atoms with E-state index in [4.69, 9.17) is 11.5 Å². The Morgan fingerprint density at radius 1 is 1.39 bits per heavy atom. The summed E-state index contributed by atoms with van der Waals surface area (Å²) in [7, 11) is 0. The zero-order valence-corrected chi connectivity index (χ0v) is 10.7. The molecule has 18 heavy (non-hydrogen) atoms. The van der Waals surface area contributed by atoms with Crippen molar-refractivity contribution in [3.05, 3.63) is 29.3 Å². The SMILES string of the molecule is CCC(N)CC(=O)Nc1ccc(C(N)=O)cc1C. The van der Waals surface area contributed by atoms with E-state index in [0.717, 1.165) is 12.0 Å². The molecule has 98 valence electrons. The van der Waals surface area contributed by atoms with E-state index < -0.39 is 5.91 Å². The van der Waals surface area contributed by atoms with E-state index in [-0.39, 0.29) is 18.4 Å². The quantitative estimate of drug-likeness (QED) is 0.730. The smallest absolute Gasteiger partial charge is 0.248 e. The Hall–Kier alpha value is -1.88. The van der Waals surface area contributed by atoms with Crippen molar-refractivity contribution >= 4 is 17.5 Å². The van der Waals surface area contributed by atoms with Crippen LogP contribution in [0.25, 0.3) is 0 Å². The highest BCUT2D eigenvalue weighted by Crippen LogP contribution is 2.16. The maximum absolute atomic E-state index is 11.7. The number of anilines is 1. The van der Waals surface area contributed by atoms with Gasteiger partial charge in [-0.1, -0.05) is 6.92 Å². The summed E-state index contributed by atoms with van der Waals surface area (Å²) in [5.74, 6) is -0.608. The monoisotopic (exact) mass is 249 g/mol. The molecular formula is C13H19N3O2. The van der Waals surface area contributed by atoms with Gasteiger partial charge in [-0.2, -0.15) is 0 Å². The minimum Gasteiger partial charge on any atom is -0.366 e. The van der Waals surface area contributed by atoms with E-state index in [1.165, 1.54) is 0 Å². The molecule has 0 fully saturated rings. The van der Waals surface area contributed by atoms with Crippen LogP contribution >= 0.6 is 0 Å². The average molecular weight is 249 g/mol. The second-order valence-electron chi connectivity index (χ2n) is 4.31. The summed E-state index contributed by atoms with van der Waals surface area (Å²) in [6.07, 6.45) is 1.04. The lowest BCUT2D eigenvalue weighted by atomic mass is 10.1. The Balaban J connectivity index is 2.74. The van der Waals surface area contributed by atoms with Gasteiger partial charge in [0.1, 0.15) is 0 Å². The molecule has 0 radical (unpaired) electrons. The fourth-order valence-electron chi connectivity index (χ4n) is 1.54. The molecule has 1 aromatic rings. The lowest BCUT2D eigenvalue weighted by Crippen LogP contribution is -2.26. The topological polar surface area (TPSA) is 98.2 Å². The first-order valence-electron chi connectivity index (χ1n) is 5.90. The summed E-state index contributed by atoms with van der Waals surface area (Å²) < 4.78 is 0. The fourth-order valence-corrected chi connectivity index (χ4v) is 1.54. The number of rotatable bonds is 5. The van der Waals surface area contributed by atoms with Crippen LogP contribution in [-0.2, 0) is 4.79 Å². The van der Waals surface area contributed by atoms with E-state index in [2.05, 4.69) is 5.32 Å². The molecule has 0 aliphatic carbocycles. The molecule has 1 atom stereocenters. The molecule has 0 spiro atoms. The number of amides is 2. The van der Waals surface area contributed by atoms with Gasteiger partial charge in [-0.3, -0.25) is 9.59 Å². The highest BCUT2D eigenvalue weighted by atomic mass is 16.2. The van der Waals surface area contributed by atoms with E-state index in [1.807, 2.05) is 13.8 Å². The van der Waals surface area contributed by atoms with Crippen LogP contribution in [0.4, 0.5) is 5.69 Å². The van der Waals surface area contributed by atoms with Crippen molar-refractivity contribution in [2.75, 3.05) is 5.32 Å². The van der Waals surface area contributed by atoms with Crippen molar-refractivity contribution in [2.24, 2.45) is 11.5 Å². The maximum Gasteiger partial charge on any atom is 0.248 e. The van der Waals surface area contributed by atoms with Crippen LogP contribution in [-0.4, -0.2) is 17.9 Å². The Bertz CT molecular complexity index is 458. The molecule has 0 saturated heterocycles.